The van der Waals surface area contributed by atoms with Gasteiger partial charge in [0.2, 0.25) is 0 Å². The Morgan fingerprint density at radius 1 is 1.58 bits per heavy atom. The highest BCUT2D eigenvalue weighted by Crippen LogP contribution is 2.19. The average molecular weight is 283 g/mol. The van der Waals surface area contributed by atoms with Gasteiger partial charge in [-0.2, -0.15) is 0 Å². The van der Waals surface area contributed by atoms with E-state index in [0.717, 1.165) is 16.6 Å². The van der Waals surface area contributed by atoms with Crippen LogP contribution in [0.15, 0.2) is 17.4 Å². The highest BCUT2D eigenvalue weighted by atomic mass is 32.2. The van der Waals surface area contributed by atoms with E-state index in [2.05, 4.69) is 15.3 Å². The van der Waals surface area contributed by atoms with Crippen LogP contribution in [0, 0.1) is 6.92 Å². The molecule has 0 aliphatic carbocycles. The molecule has 1 aromatic rings. The maximum Gasteiger partial charge on any atom is 0.326 e. The number of aryl methyl sites for hydroxylation is 1. The topological polar surface area (TPSA) is 64.1 Å². The second kappa shape index (κ2) is 7.45. The van der Waals surface area contributed by atoms with E-state index < -0.39 is 5.54 Å². The maximum atomic E-state index is 11.9. The number of hydrogen-bond acceptors (Lipinski definition) is 6. The molecule has 0 saturated carbocycles. The Hall–Kier alpha value is -1.14. The number of carbonyl (C=O) groups is 1. The maximum absolute atomic E-state index is 11.9. The van der Waals surface area contributed by atoms with Gasteiger partial charge < -0.3 is 10.1 Å². The normalized spacial score (nSPS) is 13.9. The number of nitrogens with one attached hydrogen (secondary N) is 1. The van der Waals surface area contributed by atoms with Crippen molar-refractivity contribution in [3.05, 3.63) is 18.0 Å². The Balaban J connectivity index is 2.52. The Morgan fingerprint density at radius 3 is 2.89 bits per heavy atom. The summed E-state index contributed by atoms with van der Waals surface area (Å²) >= 11 is 1.54. The van der Waals surface area contributed by atoms with Gasteiger partial charge in [0.25, 0.3) is 0 Å². The van der Waals surface area contributed by atoms with Crippen LogP contribution in [0.1, 0.15) is 26.0 Å². The van der Waals surface area contributed by atoms with Gasteiger partial charge in [-0.15, -0.1) is 0 Å². The van der Waals surface area contributed by atoms with Crippen LogP contribution in [-0.2, 0) is 9.53 Å². The van der Waals surface area contributed by atoms with E-state index in [1.54, 1.807) is 25.0 Å². The lowest BCUT2D eigenvalue weighted by Crippen LogP contribution is -2.49. The third-order valence-electron chi connectivity index (χ3n) is 2.88. The van der Waals surface area contributed by atoms with Gasteiger partial charge in [-0.05, 0) is 40.3 Å². The van der Waals surface area contributed by atoms with Crippen LogP contribution in [0.4, 0.5) is 0 Å². The van der Waals surface area contributed by atoms with E-state index in [1.165, 1.54) is 0 Å². The van der Waals surface area contributed by atoms with Gasteiger partial charge >= 0.3 is 5.97 Å². The Kier molecular flexibility index (Phi) is 6.24. The summed E-state index contributed by atoms with van der Waals surface area (Å²) in [6.07, 6.45) is 2.40. The summed E-state index contributed by atoms with van der Waals surface area (Å²) in [5, 5.41) is 3.77. The van der Waals surface area contributed by atoms with Crippen LogP contribution < -0.4 is 5.32 Å². The first-order valence-corrected chi connectivity index (χ1v) is 7.29. The average Bonchev–Trinajstić information content (AvgIpc) is 2.39. The van der Waals surface area contributed by atoms with Crippen molar-refractivity contribution in [2.75, 3.05) is 19.4 Å². The minimum atomic E-state index is -0.660. The quantitative estimate of drug-likeness (QED) is 0.468. The van der Waals surface area contributed by atoms with Crippen LogP contribution >= 0.6 is 11.8 Å². The first-order chi connectivity index (χ1) is 9.01. The van der Waals surface area contributed by atoms with Gasteiger partial charge in [0.15, 0.2) is 5.16 Å². The van der Waals surface area contributed by atoms with Crippen LogP contribution in [0.3, 0.4) is 0 Å². The molecule has 5 nitrogen and oxygen atoms in total. The molecule has 0 saturated heterocycles. The molecule has 0 aromatic carbocycles. The molecule has 1 unspecified atom stereocenters. The van der Waals surface area contributed by atoms with Crippen molar-refractivity contribution in [2.45, 2.75) is 37.9 Å². The number of aromatic nitrogens is 2. The molecule has 0 radical (unpaired) electrons. The molecule has 0 aliphatic heterocycles. The van der Waals surface area contributed by atoms with Crippen molar-refractivity contribution in [1.82, 2.24) is 15.3 Å². The molecule has 0 amide bonds. The Bertz CT molecular complexity index is 428. The first-order valence-electron chi connectivity index (χ1n) is 6.30. The standard InChI is InChI=1S/C13H21N3O2S/c1-5-18-11(17)13(3,14-4)7-9-19-12-15-8-6-10(2)16-12/h6,8,14H,5,7,9H2,1-4H3. The summed E-state index contributed by atoms with van der Waals surface area (Å²) in [6.45, 7) is 5.98. The van der Waals surface area contributed by atoms with Crippen molar-refractivity contribution < 1.29 is 9.53 Å². The molecule has 19 heavy (non-hydrogen) atoms. The number of esters is 1. The smallest absolute Gasteiger partial charge is 0.326 e. The van der Waals surface area contributed by atoms with E-state index in [4.69, 9.17) is 4.74 Å². The monoisotopic (exact) mass is 283 g/mol. The van der Waals surface area contributed by atoms with E-state index in [1.807, 2.05) is 26.8 Å². The summed E-state index contributed by atoms with van der Waals surface area (Å²) in [7, 11) is 1.77. The second-order valence-corrected chi connectivity index (χ2v) is 5.44. The minimum absolute atomic E-state index is 0.219. The van der Waals surface area contributed by atoms with Crippen molar-refractivity contribution in [3.63, 3.8) is 0 Å². The molecule has 1 N–H and O–H groups in total. The predicted molar refractivity (Wildman–Crippen MR) is 76.2 cm³/mol. The molecule has 0 bridgehead atoms. The van der Waals surface area contributed by atoms with Crippen molar-refractivity contribution >= 4 is 17.7 Å². The van der Waals surface area contributed by atoms with Crippen LogP contribution in [-0.4, -0.2) is 40.9 Å². The highest BCUT2D eigenvalue weighted by Gasteiger charge is 2.32. The lowest BCUT2D eigenvalue weighted by Gasteiger charge is -2.26. The van der Waals surface area contributed by atoms with Gasteiger partial charge in [-0.3, -0.25) is 4.79 Å². The third kappa shape index (κ3) is 4.80. The Morgan fingerprint density at radius 2 is 2.32 bits per heavy atom. The largest absolute Gasteiger partial charge is 0.465 e. The molecule has 1 rings (SSSR count). The summed E-state index contributed by atoms with van der Waals surface area (Å²) < 4.78 is 5.08. The second-order valence-electron chi connectivity index (χ2n) is 4.38. The first kappa shape index (κ1) is 15.9. The predicted octanol–water partition coefficient (Wildman–Crippen LogP) is 1.81. The fourth-order valence-corrected chi connectivity index (χ4v) is 2.50. The molecule has 6 heteroatoms. The van der Waals surface area contributed by atoms with E-state index in [9.17, 15) is 4.79 Å². The van der Waals surface area contributed by atoms with Gasteiger partial charge in [0, 0.05) is 17.6 Å². The number of likely N-dealkylation sites (N-methyl/N-ethyl adjacent to an activating group) is 1. The Labute approximate surface area is 118 Å². The number of ether oxygens (including phenoxy) is 1. The molecular formula is C13H21N3O2S. The van der Waals surface area contributed by atoms with Crippen LogP contribution in [0.2, 0.25) is 0 Å². The SMILES string of the molecule is CCOC(=O)C(C)(CCSc1nccc(C)n1)NC. The molecular weight excluding hydrogens is 262 g/mol. The number of carbonyl (C=O) groups excluding carboxylic acids is 1. The summed E-state index contributed by atoms with van der Waals surface area (Å²) in [5.74, 6) is 0.530. The fraction of sp³-hybridized carbons (Fsp3) is 0.615. The van der Waals surface area contributed by atoms with Gasteiger partial charge in [0.1, 0.15) is 5.54 Å². The van der Waals surface area contributed by atoms with E-state index >= 15 is 0 Å². The van der Waals surface area contributed by atoms with E-state index in [-0.39, 0.29) is 5.97 Å². The zero-order chi connectivity index (χ0) is 14.3. The molecule has 1 atom stereocenters. The third-order valence-corrected chi connectivity index (χ3v) is 3.75. The number of nitrogens with zero attached hydrogens (tertiary/aromatic N) is 2. The molecule has 0 spiro atoms. The number of rotatable bonds is 7. The van der Waals surface area contributed by atoms with Crippen molar-refractivity contribution in [2.24, 2.45) is 0 Å². The summed E-state index contributed by atoms with van der Waals surface area (Å²) in [6, 6.07) is 1.86. The van der Waals surface area contributed by atoms with Gasteiger partial charge in [-0.1, -0.05) is 11.8 Å². The lowest BCUT2D eigenvalue weighted by atomic mass is 10.00. The van der Waals surface area contributed by atoms with Crippen molar-refractivity contribution in [3.8, 4) is 0 Å². The summed E-state index contributed by atoms with van der Waals surface area (Å²) in [5.41, 5.74) is 0.284. The zero-order valence-electron chi connectivity index (χ0n) is 11.9. The number of thioether (sulfide) groups is 1. The van der Waals surface area contributed by atoms with Crippen LogP contribution in [0.25, 0.3) is 0 Å². The molecule has 0 aliphatic rings. The summed E-state index contributed by atoms with van der Waals surface area (Å²) in [4.78, 5) is 20.4. The van der Waals surface area contributed by atoms with E-state index in [0.29, 0.717) is 13.0 Å². The minimum Gasteiger partial charge on any atom is -0.465 e. The molecule has 0 fully saturated rings. The van der Waals surface area contributed by atoms with Gasteiger partial charge in [-0.25, -0.2) is 9.97 Å². The number of hydrogen-bond donors (Lipinski definition) is 1. The van der Waals surface area contributed by atoms with Gasteiger partial charge in [0.05, 0.1) is 6.61 Å². The molecule has 1 aromatic heterocycles. The highest BCUT2D eigenvalue weighted by molar-refractivity contribution is 7.99. The van der Waals surface area contributed by atoms with Crippen LogP contribution in [0.5, 0.6) is 0 Å². The fourth-order valence-electron chi connectivity index (χ4n) is 1.46. The van der Waals surface area contributed by atoms with Crippen molar-refractivity contribution in [1.29, 1.82) is 0 Å². The molecule has 1 heterocycles. The zero-order valence-corrected chi connectivity index (χ0v) is 12.7. The lowest BCUT2D eigenvalue weighted by molar-refractivity contribution is -0.150. The molecule has 106 valence electrons.